The van der Waals surface area contributed by atoms with Crippen LogP contribution in [0.5, 0.6) is 0 Å². The second kappa shape index (κ2) is 5.20. The number of benzene rings is 2. The Labute approximate surface area is 116 Å². The number of anilines is 1. The fourth-order valence-corrected chi connectivity index (χ4v) is 3.03. The zero-order chi connectivity index (χ0) is 14.9. The van der Waals surface area contributed by atoms with Gasteiger partial charge < -0.3 is 0 Å². The average molecular weight is 297 g/mol. The first-order valence-electron chi connectivity index (χ1n) is 5.85. The maximum atomic E-state index is 13.5. The molecule has 2 rings (SSSR count). The van der Waals surface area contributed by atoms with Crippen molar-refractivity contribution < 1.29 is 17.2 Å². The van der Waals surface area contributed by atoms with E-state index in [0.29, 0.717) is 17.3 Å². The minimum Gasteiger partial charge on any atom is -0.279 e. The SMILES string of the molecule is Cc1ccc(NS(=O)(=O)c2cc(F)ccc2F)c(C)c1. The van der Waals surface area contributed by atoms with Crippen LogP contribution in [0, 0.1) is 25.5 Å². The highest BCUT2D eigenvalue weighted by Gasteiger charge is 2.20. The van der Waals surface area contributed by atoms with E-state index in [4.69, 9.17) is 0 Å². The summed E-state index contributed by atoms with van der Waals surface area (Å²) in [5.41, 5.74) is 2.01. The second-order valence-corrected chi connectivity index (χ2v) is 6.15. The minimum absolute atomic E-state index is 0.333. The maximum Gasteiger partial charge on any atom is 0.264 e. The molecule has 1 N–H and O–H groups in total. The van der Waals surface area contributed by atoms with E-state index >= 15 is 0 Å². The number of nitrogens with one attached hydrogen (secondary N) is 1. The normalized spacial score (nSPS) is 11.4. The van der Waals surface area contributed by atoms with Gasteiger partial charge in [0.05, 0.1) is 5.69 Å². The first-order chi connectivity index (χ1) is 9.29. The Morgan fingerprint density at radius 2 is 1.70 bits per heavy atom. The van der Waals surface area contributed by atoms with Crippen molar-refractivity contribution in [2.24, 2.45) is 0 Å². The van der Waals surface area contributed by atoms with Crippen LogP contribution in [0.15, 0.2) is 41.3 Å². The minimum atomic E-state index is -4.17. The summed E-state index contributed by atoms with van der Waals surface area (Å²) in [7, 11) is -4.17. The van der Waals surface area contributed by atoms with Gasteiger partial charge in [-0.3, -0.25) is 4.72 Å². The van der Waals surface area contributed by atoms with Crippen LogP contribution in [0.4, 0.5) is 14.5 Å². The molecule has 6 heteroatoms. The van der Waals surface area contributed by atoms with Gasteiger partial charge >= 0.3 is 0 Å². The van der Waals surface area contributed by atoms with Crippen LogP contribution in [0.1, 0.15) is 11.1 Å². The lowest BCUT2D eigenvalue weighted by Gasteiger charge is -2.11. The van der Waals surface area contributed by atoms with E-state index in [1.807, 2.05) is 6.92 Å². The summed E-state index contributed by atoms with van der Waals surface area (Å²) in [6.07, 6.45) is 0. The summed E-state index contributed by atoms with van der Waals surface area (Å²) in [5, 5.41) is 0. The van der Waals surface area contributed by atoms with Gasteiger partial charge in [0.2, 0.25) is 0 Å². The summed E-state index contributed by atoms with van der Waals surface area (Å²) in [5.74, 6) is -1.81. The molecule has 0 saturated carbocycles. The number of sulfonamides is 1. The topological polar surface area (TPSA) is 46.2 Å². The third kappa shape index (κ3) is 2.96. The van der Waals surface area contributed by atoms with Gasteiger partial charge in [-0.25, -0.2) is 17.2 Å². The molecule has 3 nitrogen and oxygen atoms in total. The Kier molecular flexibility index (Phi) is 3.76. The van der Waals surface area contributed by atoms with Gasteiger partial charge in [0.25, 0.3) is 10.0 Å². The predicted molar refractivity (Wildman–Crippen MR) is 73.1 cm³/mol. The molecule has 0 fully saturated rings. The van der Waals surface area contributed by atoms with E-state index in [0.717, 1.165) is 17.7 Å². The van der Waals surface area contributed by atoms with Crippen molar-refractivity contribution in [2.45, 2.75) is 18.7 Å². The fourth-order valence-electron chi connectivity index (χ4n) is 1.81. The van der Waals surface area contributed by atoms with Gasteiger partial charge in [-0.2, -0.15) is 0 Å². The van der Waals surface area contributed by atoms with Crippen LogP contribution < -0.4 is 4.72 Å². The third-order valence-electron chi connectivity index (χ3n) is 2.81. The molecule has 20 heavy (non-hydrogen) atoms. The lowest BCUT2D eigenvalue weighted by atomic mass is 10.1. The quantitative estimate of drug-likeness (QED) is 0.944. The van der Waals surface area contributed by atoms with Crippen LogP contribution in [0.2, 0.25) is 0 Å². The number of rotatable bonds is 3. The second-order valence-electron chi connectivity index (χ2n) is 4.50. The van der Waals surface area contributed by atoms with Crippen molar-refractivity contribution in [1.82, 2.24) is 0 Å². The largest absolute Gasteiger partial charge is 0.279 e. The first kappa shape index (κ1) is 14.5. The van der Waals surface area contributed by atoms with Crippen molar-refractivity contribution in [3.05, 3.63) is 59.2 Å². The zero-order valence-corrected chi connectivity index (χ0v) is 11.8. The standard InChI is InChI=1S/C14H13F2NO2S/c1-9-3-6-13(10(2)7-9)17-20(18,19)14-8-11(15)4-5-12(14)16/h3-8,17H,1-2H3. The molecular weight excluding hydrogens is 284 g/mol. The molecule has 0 aliphatic heterocycles. The van der Waals surface area contributed by atoms with Crippen molar-refractivity contribution in [3.8, 4) is 0 Å². The lowest BCUT2D eigenvalue weighted by molar-refractivity contribution is 0.555. The highest BCUT2D eigenvalue weighted by molar-refractivity contribution is 7.92. The number of hydrogen-bond donors (Lipinski definition) is 1. The summed E-state index contributed by atoms with van der Waals surface area (Å²) < 4.78 is 53.1. The molecule has 0 saturated heterocycles. The van der Waals surface area contributed by atoms with Crippen LogP contribution >= 0.6 is 0 Å². The van der Waals surface area contributed by atoms with Crippen LogP contribution in [0.3, 0.4) is 0 Å². The van der Waals surface area contributed by atoms with E-state index in [1.165, 1.54) is 0 Å². The molecule has 0 atom stereocenters. The lowest BCUT2D eigenvalue weighted by Crippen LogP contribution is -2.15. The Balaban J connectivity index is 2.43. The highest BCUT2D eigenvalue weighted by atomic mass is 32.2. The van der Waals surface area contributed by atoms with Crippen molar-refractivity contribution in [2.75, 3.05) is 4.72 Å². The molecule has 0 heterocycles. The van der Waals surface area contributed by atoms with E-state index in [1.54, 1.807) is 25.1 Å². The molecule has 2 aromatic rings. The van der Waals surface area contributed by atoms with E-state index < -0.39 is 26.6 Å². The fraction of sp³-hybridized carbons (Fsp3) is 0.143. The molecule has 0 amide bonds. The van der Waals surface area contributed by atoms with Gasteiger partial charge in [-0.15, -0.1) is 0 Å². The van der Waals surface area contributed by atoms with Gasteiger partial charge in [-0.1, -0.05) is 17.7 Å². The number of aryl methyl sites for hydroxylation is 2. The van der Waals surface area contributed by atoms with Crippen LogP contribution in [0.25, 0.3) is 0 Å². The monoisotopic (exact) mass is 297 g/mol. The van der Waals surface area contributed by atoms with Crippen molar-refractivity contribution in [3.63, 3.8) is 0 Å². The molecule has 0 unspecified atom stereocenters. The summed E-state index contributed by atoms with van der Waals surface area (Å²) >= 11 is 0. The van der Waals surface area contributed by atoms with Gasteiger partial charge in [0.15, 0.2) is 0 Å². The highest BCUT2D eigenvalue weighted by Crippen LogP contribution is 2.22. The number of hydrogen-bond acceptors (Lipinski definition) is 2. The average Bonchev–Trinajstić information content (AvgIpc) is 2.35. The van der Waals surface area contributed by atoms with Gasteiger partial charge in [0, 0.05) is 0 Å². The summed E-state index contributed by atoms with van der Waals surface area (Å²) in [6, 6.07) is 7.41. The Morgan fingerprint density at radius 1 is 1.00 bits per heavy atom. The molecule has 106 valence electrons. The molecule has 0 aliphatic carbocycles. The third-order valence-corrected chi connectivity index (χ3v) is 4.19. The van der Waals surface area contributed by atoms with Crippen molar-refractivity contribution in [1.29, 1.82) is 0 Å². The van der Waals surface area contributed by atoms with Crippen LogP contribution in [-0.2, 0) is 10.0 Å². The van der Waals surface area contributed by atoms with Crippen molar-refractivity contribution >= 4 is 15.7 Å². The molecule has 0 spiro atoms. The molecule has 0 bridgehead atoms. The smallest absolute Gasteiger partial charge is 0.264 e. The number of halogens is 2. The maximum absolute atomic E-state index is 13.5. The van der Waals surface area contributed by atoms with E-state index in [2.05, 4.69) is 4.72 Å². The summed E-state index contributed by atoms with van der Waals surface area (Å²) in [6.45, 7) is 3.60. The zero-order valence-electron chi connectivity index (χ0n) is 10.9. The molecule has 2 aromatic carbocycles. The van der Waals surface area contributed by atoms with Gasteiger partial charge in [-0.05, 0) is 43.7 Å². The Morgan fingerprint density at radius 3 is 2.35 bits per heavy atom. The molecule has 0 aromatic heterocycles. The molecule has 0 aliphatic rings. The molecule has 0 radical (unpaired) electrons. The van der Waals surface area contributed by atoms with Crippen LogP contribution in [-0.4, -0.2) is 8.42 Å². The Hall–Kier alpha value is -1.95. The summed E-state index contributed by atoms with van der Waals surface area (Å²) in [4.78, 5) is -0.711. The Bertz CT molecular complexity index is 758. The van der Waals surface area contributed by atoms with E-state index in [-0.39, 0.29) is 0 Å². The predicted octanol–water partition coefficient (Wildman–Crippen LogP) is 3.38. The first-order valence-corrected chi connectivity index (χ1v) is 7.33. The van der Waals surface area contributed by atoms with E-state index in [9.17, 15) is 17.2 Å². The van der Waals surface area contributed by atoms with Gasteiger partial charge in [0.1, 0.15) is 16.5 Å². The molecular formula is C14H13F2NO2S.